The molecule has 0 aromatic heterocycles. The molecule has 0 amide bonds. The highest BCUT2D eigenvalue weighted by Gasteiger charge is 2.29. The van der Waals surface area contributed by atoms with Crippen molar-refractivity contribution in [2.45, 2.75) is 13.8 Å². The number of hydrogen-bond acceptors (Lipinski definition) is 4. The normalized spacial score (nSPS) is 15.9. The average molecular weight is 303 g/mol. The van der Waals surface area contributed by atoms with E-state index in [1.807, 2.05) is 35.4 Å². The maximum absolute atomic E-state index is 5.17. The number of oxime groups is 1. The minimum atomic E-state index is 0.778. The SMILES string of the molecule is Cc1ccccc1C1=C2NON=C2N(c2ccccc2C)C=C1. The highest BCUT2D eigenvalue weighted by atomic mass is 16.8. The first-order chi connectivity index (χ1) is 11.3. The van der Waals surface area contributed by atoms with E-state index in [0.717, 1.165) is 22.8 Å². The molecule has 1 N–H and O–H groups in total. The van der Waals surface area contributed by atoms with Crippen molar-refractivity contribution in [1.29, 1.82) is 0 Å². The topological polar surface area (TPSA) is 36.9 Å². The van der Waals surface area contributed by atoms with Crippen molar-refractivity contribution in [1.82, 2.24) is 5.48 Å². The van der Waals surface area contributed by atoms with Crippen LogP contribution in [0.25, 0.3) is 5.57 Å². The summed E-state index contributed by atoms with van der Waals surface area (Å²) >= 11 is 0. The molecule has 0 aliphatic carbocycles. The summed E-state index contributed by atoms with van der Waals surface area (Å²) in [6, 6.07) is 16.5. The molecule has 4 nitrogen and oxygen atoms in total. The molecule has 2 aliphatic rings. The van der Waals surface area contributed by atoms with E-state index in [1.165, 1.54) is 16.7 Å². The molecule has 2 heterocycles. The van der Waals surface area contributed by atoms with E-state index < -0.39 is 0 Å². The van der Waals surface area contributed by atoms with Gasteiger partial charge in [-0.05, 0) is 47.8 Å². The van der Waals surface area contributed by atoms with Gasteiger partial charge >= 0.3 is 0 Å². The Balaban J connectivity index is 1.82. The van der Waals surface area contributed by atoms with Gasteiger partial charge in [-0.25, -0.2) is 0 Å². The Morgan fingerprint density at radius 1 is 0.957 bits per heavy atom. The van der Waals surface area contributed by atoms with Gasteiger partial charge in [-0.15, -0.1) is 0 Å². The van der Waals surface area contributed by atoms with Crippen molar-refractivity contribution < 1.29 is 4.94 Å². The maximum Gasteiger partial charge on any atom is 0.207 e. The molecule has 0 fully saturated rings. The lowest BCUT2D eigenvalue weighted by molar-refractivity contribution is 0.0909. The lowest BCUT2D eigenvalue weighted by atomic mass is 9.96. The molecule has 114 valence electrons. The molecule has 2 aromatic carbocycles. The van der Waals surface area contributed by atoms with Crippen LogP contribution in [0.4, 0.5) is 5.69 Å². The Bertz CT molecular complexity index is 864. The third-order valence-corrected chi connectivity index (χ3v) is 4.20. The Labute approximate surface area is 135 Å². The number of nitrogens with zero attached hydrogens (tertiary/aromatic N) is 2. The van der Waals surface area contributed by atoms with Gasteiger partial charge in [-0.3, -0.25) is 9.84 Å². The molecule has 0 unspecified atom stereocenters. The van der Waals surface area contributed by atoms with Gasteiger partial charge in [-0.1, -0.05) is 42.5 Å². The van der Waals surface area contributed by atoms with Crippen molar-refractivity contribution in [2.24, 2.45) is 5.16 Å². The fraction of sp³-hybridized carbons (Fsp3) is 0.105. The van der Waals surface area contributed by atoms with Crippen LogP contribution in [0.1, 0.15) is 16.7 Å². The van der Waals surface area contributed by atoms with Gasteiger partial charge in [0.2, 0.25) is 5.84 Å². The molecule has 0 bridgehead atoms. The summed E-state index contributed by atoms with van der Waals surface area (Å²) in [5, 5.41) is 4.18. The molecule has 0 saturated carbocycles. The van der Waals surface area contributed by atoms with Gasteiger partial charge in [0.05, 0.1) is 5.69 Å². The maximum atomic E-state index is 5.17. The molecular weight excluding hydrogens is 286 g/mol. The highest BCUT2D eigenvalue weighted by molar-refractivity contribution is 6.18. The van der Waals surface area contributed by atoms with Gasteiger partial charge in [-0.2, -0.15) is 5.48 Å². The molecule has 4 heteroatoms. The predicted molar refractivity (Wildman–Crippen MR) is 92.6 cm³/mol. The van der Waals surface area contributed by atoms with E-state index in [-0.39, 0.29) is 0 Å². The second-order valence-electron chi connectivity index (χ2n) is 5.68. The van der Waals surface area contributed by atoms with Gasteiger partial charge < -0.3 is 0 Å². The van der Waals surface area contributed by atoms with Crippen molar-refractivity contribution in [3.8, 4) is 0 Å². The summed E-state index contributed by atoms with van der Waals surface area (Å²) in [4.78, 5) is 7.22. The third kappa shape index (κ3) is 2.19. The first-order valence-electron chi connectivity index (χ1n) is 7.59. The minimum Gasteiger partial charge on any atom is -0.297 e. The Hall–Kier alpha value is -3.01. The van der Waals surface area contributed by atoms with E-state index in [4.69, 9.17) is 4.94 Å². The van der Waals surface area contributed by atoms with Gasteiger partial charge in [0.15, 0.2) is 0 Å². The number of aryl methyl sites for hydroxylation is 2. The van der Waals surface area contributed by atoms with Gasteiger partial charge in [0, 0.05) is 11.8 Å². The van der Waals surface area contributed by atoms with Gasteiger partial charge in [0.25, 0.3) is 0 Å². The average Bonchev–Trinajstić information content (AvgIpc) is 3.05. The first-order valence-corrected chi connectivity index (χ1v) is 7.59. The smallest absolute Gasteiger partial charge is 0.207 e. The van der Waals surface area contributed by atoms with E-state index in [0.29, 0.717) is 0 Å². The standard InChI is InChI=1S/C19H17N3O/c1-13-7-3-5-9-15(13)16-11-12-22(19-18(16)20-23-21-19)17-10-6-4-8-14(17)2/h3-12,20H,1-2H3. The zero-order valence-electron chi connectivity index (χ0n) is 13.1. The lowest BCUT2D eigenvalue weighted by Gasteiger charge is -2.26. The molecule has 0 atom stereocenters. The number of anilines is 1. The van der Waals surface area contributed by atoms with Crippen molar-refractivity contribution in [3.63, 3.8) is 0 Å². The zero-order valence-corrected chi connectivity index (χ0v) is 13.1. The van der Waals surface area contributed by atoms with Crippen LogP contribution in [-0.2, 0) is 4.94 Å². The Kier molecular flexibility index (Phi) is 3.15. The zero-order chi connectivity index (χ0) is 15.8. The predicted octanol–water partition coefficient (Wildman–Crippen LogP) is 3.90. The number of allylic oxidation sites excluding steroid dienone is 2. The number of rotatable bonds is 2. The summed E-state index contributed by atoms with van der Waals surface area (Å²) in [6.07, 6.45) is 4.15. The third-order valence-electron chi connectivity index (χ3n) is 4.20. The lowest BCUT2D eigenvalue weighted by Crippen LogP contribution is -2.31. The number of hydroxylamine groups is 1. The van der Waals surface area contributed by atoms with Crippen LogP contribution in [0.15, 0.2) is 71.7 Å². The van der Waals surface area contributed by atoms with Crippen LogP contribution in [0.2, 0.25) is 0 Å². The van der Waals surface area contributed by atoms with Crippen LogP contribution in [-0.4, -0.2) is 5.84 Å². The fourth-order valence-electron chi connectivity index (χ4n) is 2.97. The quantitative estimate of drug-likeness (QED) is 0.914. The molecule has 0 saturated heterocycles. The second kappa shape index (κ2) is 5.32. The van der Waals surface area contributed by atoms with Crippen molar-refractivity contribution in [2.75, 3.05) is 4.90 Å². The summed E-state index contributed by atoms with van der Waals surface area (Å²) < 4.78 is 0. The Morgan fingerprint density at radius 2 is 1.70 bits per heavy atom. The van der Waals surface area contributed by atoms with E-state index >= 15 is 0 Å². The van der Waals surface area contributed by atoms with Crippen LogP contribution < -0.4 is 10.4 Å². The molecule has 2 aliphatic heterocycles. The highest BCUT2D eigenvalue weighted by Crippen LogP contribution is 2.32. The summed E-state index contributed by atoms with van der Waals surface area (Å²) in [6.45, 7) is 4.20. The number of benzene rings is 2. The fourth-order valence-corrected chi connectivity index (χ4v) is 2.97. The van der Waals surface area contributed by atoms with Crippen LogP contribution >= 0.6 is 0 Å². The molecule has 23 heavy (non-hydrogen) atoms. The van der Waals surface area contributed by atoms with E-state index in [2.05, 4.69) is 54.8 Å². The second-order valence-corrected chi connectivity index (χ2v) is 5.68. The number of fused-ring (bicyclic) bond motifs is 1. The van der Waals surface area contributed by atoms with Crippen molar-refractivity contribution >= 4 is 17.1 Å². The molecule has 2 aromatic rings. The van der Waals surface area contributed by atoms with E-state index in [9.17, 15) is 0 Å². The molecule has 4 rings (SSSR count). The molecular formula is C19H17N3O. The number of hydrogen-bond donors (Lipinski definition) is 1. The van der Waals surface area contributed by atoms with Crippen LogP contribution in [0.5, 0.6) is 0 Å². The number of amidine groups is 1. The monoisotopic (exact) mass is 303 g/mol. The first kappa shape index (κ1) is 13.6. The van der Waals surface area contributed by atoms with Crippen LogP contribution in [0, 0.1) is 13.8 Å². The minimum absolute atomic E-state index is 0.778. The van der Waals surface area contributed by atoms with Gasteiger partial charge in [0.1, 0.15) is 5.70 Å². The largest absolute Gasteiger partial charge is 0.297 e. The number of para-hydroxylation sites is 1. The van der Waals surface area contributed by atoms with Crippen LogP contribution in [0.3, 0.4) is 0 Å². The summed E-state index contributed by atoms with van der Waals surface area (Å²) in [7, 11) is 0. The summed E-state index contributed by atoms with van der Waals surface area (Å²) in [5.41, 5.74) is 9.59. The molecule has 0 spiro atoms. The van der Waals surface area contributed by atoms with Crippen molar-refractivity contribution in [3.05, 3.63) is 83.2 Å². The van der Waals surface area contributed by atoms with E-state index in [1.54, 1.807) is 0 Å². The summed E-state index contributed by atoms with van der Waals surface area (Å²) in [5.74, 6) is 0.778. The number of nitrogens with one attached hydrogen (secondary N) is 1. The molecule has 0 radical (unpaired) electrons. The Morgan fingerprint density at radius 3 is 2.48 bits per heavy atom.